The maximum Gasteiger partial charge on any atom is 0.325 e. The van der Waals surface area contributed by atoms with Gasteiger partial charge in [-0.25, -0.2) is 0 Å². The number of aromatic nitrogens is 1. The molecule has 104 valence electrons. The Morgan fingerprint density at radius 3 is 3.05 bits per heavy atom. The summed E-state index contributed by atoms with van der Waals surface area (Å²) in [4.78, 5) is 19.1. The Bertz CT molecular complexity index is 626. The van der Waals surface area contributed by atoms with Crippen LogP contribution < -0.4 is 0 Å². The highest BCUT2D eigenvalue weighted by Gasteiger charge is 2.33. The number of pyridine rings is 1. The molecule has 0 spiro atoms. The number of rotatable bonds is 3. The Labute approximate surface area is 129 Å². The summed E-state index contributed by atoms with van der Waals surface area (Å²) in [6.45, 7) is 1.31. The van der Waals surface area contributed by atoms with Gasteiger partial charge in [0.05, 0.1) is 5.69 Å². The van der Waals surface area contributed by atoms with Gasteiger partial charge in [0.15, 0.2) is 0 Å². The maximum absolute atomic E-state index is 11.6. The number of halogens is 1. The molecular weight excluding hydrogens is 340 g/mol. The summed E-state index contributed by atoms with van der Waals surface area (Å²) in [6, 6.07) is 5.22. The first kappa shape index (κ1) is 13.7. The molecule has 3 rings (SSSR count). The number of hydrogen-bond donors (Lipinski definition) is 1. The van der Waals surface area contributed by atoms with Gasteiger partial charge in [0, 0.05) is 28.6 Å². The number of nitrogens with zero attached hydrogens (tertiary/aromatic N) is 2. The molecular formula is C14H13BrN2O2S. The van der Waals surface area contributed by atoms with E-state index in [0.29, 0.717) is 6.54 Å². The second kappa shape index (κ2) is 5.63. The molecule has 0 radical (unpaired) electrons. The molecule has 2 aromatic heterocycles. The molecule has 0 saturated heterocycles. The minimum Gasteiger partial charge on any atom is -0.480 e. The van der Waals surface area contributed by atoms with Crippen molar-refractivity contribution < 1.29 is 9.90 Å². The lowest BCUT2D eigenvalue weighted by atomic mass is 10.00. The molecule has 1 atom stereocenters. The van der Waals surface area contributed by atoms with Gasteiger partial charge in [0.2, 0.25) is 0 Å². The molecule has 1 N–H and O–H groups in total. The highest BCUT2D eigenvalue weighted by Crippen LogP contribution is 2.34. The number of carboxylic acid groups (broad SMARTS) is 1. The SMILES string of the molecule is O=C(O)C1c2ccsc2CCN1Cc1ccc(Br)cn1. The molecule has 0 fully saturated rings. The minimum absolute atomic E-state index is 0.555. The monoisotopic (exact) mass is 352 g/mol. The zero-order chi connectivity index (χ0) is 14.1. The molecule has 1 aliphatic rings. The lowest BCUT2D eigenvalue weighted by Gasteiger charge is -2.32. The van der Waals surface area contributed by atoms with Crippen molar-refractivity contribution in [3.63, 3.8) is 0 Å². The van der Waals surface area contributed by atoms with Crippen LogP contribution in [0.25, 0.3) is 0 Å². The van der Waals surface area contributed by atoms with Crippen LogP contribution in [0, 0.1) is 0 Å². The highest BCUT2D eigenvalue weighted by molar-refractivity contribution is 9.10. The predicted molar refractivity (Wildman–Crippen MR) is 80.7 cm³/mol. The largest absolute Gasteiger partial charge is 0.480 e. The van der Waals surface area contributed by atoms with Crippen LogP contribution >= 0.6 is 27.3 Å². The molecule has 3 heterocycles. The lowest BCUT2D eigenvalue weighted by molar-refractivity contribution is -0.144. The van der Waals surface area contributed by atoms with E-state index in [2.05, 4.69) is 20.9 Å². The summed E-state index contributed by atoms with van der Waals surface area (Å²) in [7, 11) is 0. The molecule has 0 aromatic carbocycles. The summed E-state index contributed by atoms with van der Waals surface area (Å²) in [6.07, 6.45) is 2.65. The quantitative estimate of drug-likeness (QED) is 0.921. The molecule has 0 aliphatic carbocycles. The van der Waals surface area contributed by atoms with Crippen LogP contribution in [0.5, 0.6) is 0 Å². The molecule has 4 nitrogen and oxygen atoms in total. The average molecular weight is 353 g/mol. The third kappa shape index (κ3) is 2.63. The van der Waals surface area contributed by atoms with Gasteiger partial charge in [-0.3, -0.25) is 14.7 Å². The summed E-state index contributed by atoms with van der Waals surface area (Å²) >= 11 is 5.00. The number of fused-ring (bicyclic) bond motifs is 1. The van der Waals surface area contributed by atoms with Crippen LogP contribution in [0.15, 0.2) is 34.2 Å². The first-order valence-corrected chi connectivity index (χ1v) is 7.96. The van der Waals surface area contributed by atoms with Gasteiger partial charge >= 0.3 is 5.97 Å². The van der Waals surface area contributed by atoms with Gasteiger partial charge in [0.1, 0.15) is 6.04 Å². The van der Waals surface area contributed by atoms with E-state index in [1.807, 2.05) is 28.5 Å². The fourth-order valence-electron chi connectivity index (χ4n) is 2.54. The Kier molecular flexibility index (Phi) is 3.87. The van der Waals surface area contributed by atoms with Gasteiger partial charge in [0.25, 0.3) is 0 Å². The van der Waals surface area contributed by atoms with Gasteiger partial charge in [-0.1, -0.05) is 0 Å². The van der Waals surface area contributed by atoms with Gasteiger partial charge < -0.3 is 5.11 Å². The Balaban J connectivity index is 1.86. The number of carbonyl (C=O) groups is 1. The van der Waals surface area contributed by atoms with Crippen molar-refractivity contribution in [2.75, 3.05) is 6.54 Å². The predicted octanol–water partition coefficient (Wildman–Crippen LogP) is 3.09. The van der Waals surface area contributed by atoms with Gasteiger partial charge in [-0.2, -0.15) is 0 Å². The van der Waals surface area contributed by atoms with E-state index >= 15 is 0 Å². The van der Waals surface area contributed by atoms with E-state index in [4.69, 9.17) is 0 Å². The second-order valence-corrected chi connectivity index (χ2v) is 6.64. The summed E-state index contributed by atoms with van der Waals surface area (Å²) < 4.78 is 0.926. The maximum atomic E-state index is 11.6. The molecule has 6 heteroatoms. The van der Waals surface area contributed by atoms with E-state index in [1.165, 1.54) is 4.88 Å². The average Bonchev–Trinajstić information content (AvgIpc) is 2.89. The Hall–Kier alpha value is -1.24. The standard InChI is InChI=1S/C14H13BrN2O2S/c15-9-1-2-10(16-7-9)8-17-5-3-12-11(4-6-20-12)13(17)14(18)19/h1-2,4,6-7,13H,3,5,8H2,(H,18,19). The smallest absolute Gasteiger partial charge is 0.325 e. The summed E-state index contributed by atoms with van der Waals surface area (Å²) in [5.74, 6) is -0.790. The number of carboxylic acids is 1. The molecule has 0 amide bonds. The minimum atomic E-state index is -0.790. The molecule has 20 heavy (non-hydrogen) atoms. The van der Waals surface area contributed by atoms with E-state index < -0.39 is 12.0 Å². The van der Waals surface area contributed by atoms with Crippen LogP contribution in [0.1, 0.15) is 22.2 Å². The second-order valence-electron chi connectivity index (χ2n) is 4.73. The Morgan fingerprint density at radius 1 is 1.50 bits per heavy atom. The van der Waals surface area contributed by atoms with Crippen molar-refractivity contribution in [1.29, 1.82) is 0 Å². The molecule has 0 saturated carbocycles. The fourth-order valence-corrected chi connectivity index (χ4v) is 3.67. The van der Waals surface area contributed by atoms with Crippen LogP contribution in [-0.4, -0.2) is 27.5 Å². The third-order valence-corrected chi connectivity index (χ3v) is 4.92. The molecule has 1 aliphatic heterocycles. The zero-order valence-electron chi connectivity index (χ0n) is 10.6. The van der Waals surface area contributed by atoms with Crippen LogP contribution in [-0.2, 0) is 17.8 Å². The first-order valence-electron chi connectivity index (χ1n) is 6.28. The third-order valence-electron chi connectivity index (χ3n) is 3.45. The fraction of sp³-hybridized carbons (Fsp3) is 0.286. The topological polar surface area (TPSA) is 53.4 Å². The normalized spacial score (nSPS) is 18.8. The Morgan fingerprint density at radius 2 is 2.35 bits per heavy atom. The molecule has 0 bridgehead atoms. The molecule has 2 aromatic rings. The molecule has 1 unspecified atom stereocenters. The lowest BCUT2D eigenvalue weighted by Crippen LogP contribution is -2.38. The van der Waals surface area contributed by atoms with Crippen molar-refractivity contribution in [3.8, 4) is 0 Å². The van der Waals surface area contributed by atoms with Crippen molar-refractivity contribution in [3.05, 3.63) is 50.4 Å². The highest BCUT2D eigenvalue weighted by atomic mass is 79.9. The van der Waals surface area contributed by atoms with E-state index in [-0.39, 0.29) is 0 Å². The number of hydrogen-bond acceptors (Lipinski definition) is 4. The van der Waals surface area contributed by atoms with Gasteiger partial charge in [-0.15, -0.1) is 11.3 Å². The van der Waals surface area contributed by atoms with E-state index in [0.717, 1.165) is 28.7 Å². The summed E-state index contributed by atoms with van der Waals surface area (Å²) in [5, 5.41) is 11.5. The number of aliphatic carboxylic acids is 1. The number of thiophene rings is 1. The van der Waals surface area contributed by atoms with Crippen molar-refractivity contribution >= 4 is 33.2 Å². The van der Waals surface area contributed by atoms with Crippen molar-refractivity contribution in [2.24, 2.45) is 0 Å². The first-order chi connectivity index (χ1) is 9.65. The van der Waals surface area contributed by atoms with E-state index in [9.17, 15) is 9.90 Å². The van der Waals surface area contributed by atoms with Crippen LogP contribution in [0.3, 0.4) is 0 Å². The summed E-state index contributed by atoms with van der Waals surface area (Å²) in [5.41, 5.74) is 1.82. The van der Waals surface area contributed by atoms with Crippen LogP contribution in [0.4, 0.5) is 0 Å². The van der Waals surface area contributed by atoms with Crippen molar-refractivity contribution in [1.82, 2.24) is 9.88 Å². The van der Waals surface area contributed by atoms with Crippen LogP contribution in [0.2, 0.25) is 0 Å². The van der Waals surface area contributed by atoms with Gasteiger partial charge in [-0.05, 0) is 51.5 Å². The van der Waals surface area contributed by atoms with E-state index in [1.54, 1.807) is 17.5 Å². The van der Waals surface area contributed by atoms with Crippen molar-refractivity contribution in [2.45, 2.75) is 19.0 Å². The zero-order valence-corrected chi connectivity index (χ0v) is 13.0.